The zero-order valence-electron chi connectivity index (χ0n) is 7.19. The number of thioether (sulfide) groups is 1. The van der Waals surface area contributed by atoms with Crippen molar-refractivity contribution >= 4 is 29.1 Å². The molecule has 0 radical (unpaired) electrons. The van der Waals surface area contributed by atoms with Crippen LogP contribution in [-0.4, -0.2) is 16.8 Å². The van der Waals surface area contributed by atoms with Gasteiger partial charge in [0.15, 0.2) is 0 Å². The molecule has 4 heteroatoms. The van der Waals surface area contributed by atoms with Crippen LogP contribution in [0.3, 0.4) is 0 Å². The van der Waals surface area contributed by atoms with Crippen LogP contribution in [-0.2, 0) is 4.79 Å². The van der Waals surface area contributed by atoms with Gasteiger partial charge in [-0.2, -0.15) is 0 Å². The monoisotopic (exact) mass is 214 g/mol. The maximum absolute atomic E-state index is 10.4. The van der Waals surface area contributed by atoms with Crippen molar-refractivity contribution in [3.63, 3.8) is 0 Å². The predicted octanol–water partition coefficient (Wildman–Crippen LogP) is 2.87. The normalized spacial score (nSPS) is 11.6. The fourth-order valence-electron chi connectivity index (χ4n) is 0.682. The minimum atomic E-state index is -0.841. The van der Waals surface area contributed by atoms with Crippen LogP contribution >= 0.6 is 23.1 Å². The van der Waals surface area contributed by atoms with Gasteiger partial charge in [-0.3, -0.25) is 0 Å². The topological polar surface area (TPSA) is 37.3 Å². The number of carboxylic acid groups (broad SMARTS) is 1. The van der Waals surface area contributed by atoms with Crippen molar-refractivity contribution in [1.82, 2.24) is 0 Å². The van der Waals surface area contributed by atoms with E-state index in [-0.39, 0.29) is 0 Å². The number of carboxylic acids is 1. The van der Waals surface area contributed by atoms with Gasteiger partial charge >= 0.3 is 5.97 Å². The highest BCUT2D eigenvalue weighted by Gasteiger charge is 1.98. The van der Waals surface area contributed by atoms with E-state index in [4.69, 9.17) is 5.11 Å². The number of carbonyl (C=O) groups is 1. The summed E-state index contributed by atoms with van der Waals surface area (Å²) in [6.45, 7) is 1.61. The lowest BCUT2D eigenvalue weighted by Gasteiger charge is -1.93. The Labute approximate surface area is 85.3 Å². The summed E-state index contributed by atoms with van der Waals surface area (Å²) in [6.07, 6.45) is 1.73. The van der Waals surface area contributed by atoms with Gasteiger partial charge in [0.1, 0.15) is 0 Å². The van der Waals surface area contributed by atoms with Crippen molar-refractivity contribution in [2.24, 2.45) is 0 Å². The molecule has 1 aromatic heterocycles. The molecule has 1 rings (SSSR count). The molecule has 0 saturated carbocycles. The molecule has 0 aliphatic heterocycles. The quantitative estimate of drug-likeness (QED) is 0.618. The number of hydrogen-bond acceptors (Lipinski definition) is 3. The number of rotatable bonds is 4. The second-order valence-corrected chi connectivity index (χ2v) is 4.70. The maximum atomic E-state index is 10.4. The van der Waals surface area contributed by atoms with E-state index in [0.29, 0.717) is 5.57 Å². The molecular formula is C9H10O2S2. The summed E-state index contributed by atoms with van der Waals surface area (Å²) >= 11 is 3.32. The minimum absolute atomic E-state index is 0.407. The van der Waals surface area contributed by atoms with E-state index in [0.717, 1.165) is 5.75 Å². The molecule has 0 spiro atoms. The summed E-state index contributed by atoms with van der Waals surface area (Å²) in [6, 6.07) is 4.01. The molecule has 2 nitrogen and oxygen atoms in total. The molecule has 1 N–H and O–H groups in total. The zero-order chi connectivity index (χ0) is 9.68. The first kappa shape index (κ1) is 10.3. The van der Waals surface area contributed by atoms with Crippen LogP contribution in [0.25, 0.3) is 0 Å². The minimum Gasteiger partial charge on any atom is -0.478 e. The Kier molecular flexibility index (Phi) is 4.05. The van der Waals surface area contributed by atoms with Crippen molar-refractivity contribution in [3.8, 4) is 0 Å². The lowest BCUT2D eigenvalue weighted by atomic mass is 10.3. The maximum Gasteiger partial charge on any atom is 0.330 e. The third-order valence-corrected chi connectivity index (χ3v) is 3.51. The zero-order valence-corrected chi connectivity index (χ0v) is 8.82. The summed E-state index contributed by atoms with van der Waals surface area (Å²) in [7, 11) is 0. The summed E-state index contributed by atoms with van der Waals surface area (Å²) in [5.74, 6) is -0.120. The van der Waals surface area contributed by atoms with Gasteiger partial charge in [0.25, 0.3) is 0 Å². The van der Waals surface area contributed by atoms with E-state index in [1.54, 1.807) is 36.1 Å². The van der Waals surface area contributed by atoms with Gasteiger partial charge in [0, 0.05) is 11.3 Å². The standard InChI is InChI=1S/C9H10O2S2/c1-7(9(10)11)4-6-13-8-3-2-5-12-8/h2-5H,6H2,1H3,(H,10,11). The average Bonchev–Trinajstić information content (AvgIpc) is 2.56. The van der Waals surface area contributed by atoms with Crippen LogP contribution < -0.4 is 0 Å². The Balaban J connectivity index is 2.36. The molecule has 0 amide bonds. The summed E-state index contributed by atoms with van der Waals surface area (Å²) in [5.41, 5.74) is 0.407. The fraction of sp³-hybridized carbons (Fsp3) is 0.222. The second-order valence-electron chi connectivity index (χ2n) is 2.44. The van der Waals surface area contributed by atoms with Crippen LogP contribution in [0.4, 0.5) is 0 Å². The molecule has 0 aromatic carbocycles. The van der Waals surface area contributed by atoms with E-state index in [9.17, 15) is 4.79 Å². The van der Waals surface area contributed by atoms with Crippen molar-refractivity contribution in [3.05, 3.63) is 29.2 Å². The van der Waals surface area contributed by atoms with E-state index in [1.807, 2.05) is 17.5 Å². The van der Waals surface area contributed by atoms with E-state index in [2.05, 4.69) is 0 Å². The first-order valence-electron chi connectivity index (χ1n) is 3.76. The van der Waals surface area contributed by atoms with Crippen LogP contribution in [0.1, 0.15) is 6.92 Å². The highest BCUT2D eigenvalue weighted by molar-refractivity contribution is 8.01. The van der Waals surface area contributed by atoms with E-state index >= 15 is 0 Å². The summed E-state index contributed by atoms with van der Waals surface area (Å²) in [4.78, 5) is 10.4. The molecule has 0 unspecified atom stereocenters. The highest BCUT2D eigenvalue weighted by atomic mass is 32.2. The summed E-state index contributed by atoms with van der Waals surface area (Å²) < 4.78 is 1.22. The first-order valence-corrected chi connectivity index (χ1v) is 5.63. The van der Waals surface area contributed by atoms with Crippen molar-refractivity contribution in [2.75, 3.05) is 5.75 Å². The van der Waals surface area contributed by atoms with Crippen LogP contribution in [0.2, 0.25) is 0 Å². The highest BCUT2D eigenvalue weighted by Crippen LogP contribution is 2.23. The van der Waals surface area contributed by atoms with Gasteiger partial charge in [-0.25, -0.2) is 4.79 Å². The number of thiophene rings is 1. The molecule has 0 bridgehead atoms. The molecule has 13 heavy (non-hydrogen) atoms. The molecule has 0 atom stereocenters. The number of aliphatic carboxylic acids is 1. The molecule has 0 aliphatic carbocycles. The molecule has 0 saturated heterocycles. The Bertz CT molecular complexity index is 301. The largest absolute Gasteiger partial charge is 0.478 e. The van der Waals surface area contributed by atoms with Gasteiger partial charge in [0.2, 0.25) is 0 Å². The molecule has 1 aromatic rings. The van der Waals surface area contributed by atoms with E-state index in [1.165, 1.54) is 4.21 Å². The van der Waals surface area contributed by atoms with Gasteiger partial charge < -0.3 is 5.11 Å². The lowest BCUT2D eigenvalue weighted by Crippen LogP contribution is -1.95. The Morgan fingerprint density at radius 2 is 2.54 bits per heavy atom. The summed E-state index contributed by atoms with van der Waals surface area (Å²) in [5, 5.41) is 10.6. The van der Waals surface area contributed by atoms with Crippen LogP contribution in [0, 0.1) is 0 Å². The second kappa shape index (κ2) is 5.09. The van der Waals surface area contributed by atoms with Crippen LogP contribution in [0.5, 0.6) is 0 Å². The van der Waals surface area contributed by atoms with Crippen LogP contribution in [0.15, 0.2) is 33.4 Å². The fourth-order valence-corrected chi connectivity index (χ4v) is 2.45. The smallest absolute Gasteiger partial charge is 0.330 e. The Morgan fingerprint density at radius 1 is 1.77 bits per heavy atom. The van der Waals surface area contributed by atoms with Gasteiger partial charge in [0.05, 0.1) is 4.21 Å². The molecule has 1 heterocycles. The molecular weight excluding hydrogens is 204 g/mol. The number of hydrogen-bond donors (Lipinski definition) is 1. The van der Waals surface area contributed by atoms with E-state index < -0.39 is 5.97 Å². The SMILES string of the molecule is CC(=CCSc1cccs1)C(=O)O. The van der Waals surface area contributed by atoms with Gasteiger partial charge in [-0.15, -0.1) is 23.1 Å². The third kappa shape index (κ3) is 3.65. The van der Waals surface area contributed by atoms with Crippen molar-refractivity contribution < 1.29 is 9.90 Å². The van der Waals surface area contributed by atoms with Crippen molar-refractivity contribution in [2.45, 2.75) is 11.1 Å². The van der Waals surface area contributed by atoms with Crippen molar-refractivity contribution in [1.29, 1.82) is 0 Å². The molecule has 0 aliphatic rings. The first-order chi connectivity index (χ1) is 6.20. The average molecular weight is 214 g/mol. The molecule has 0 fully saturated rings. The third-order valence-electron chi connectivity index (χ3n) is 1.45. The predicted molar refractivity (Wildman–Crippen MR) is 56.4 cm³/mol. The lowest BCUT2D eigenvalue weighted by molar-refractivity contribution is -0.132. The Morgan fingerprint density at radius 3 is 3.08 bits per heavy atom. The molecule has 70 valence electrons. The van der Waals surface area contributed by atoms with Gasteiger partial charge in [-0.1, -0.05) is 12.1 Å². The van der Waals surface area contributed by atoms with Gasteiger partial charge in [-0.05, 0) is 18.4 Å². The Hall–Kier alpha value is -0.740.